The molecule has 1 aromatic carbocycles. The highest BCUT2D eigenvalue weighted by atomic mass is 16.2. The van der Waals surface area contributed by atoms with E-state index in [0.717, 1.165) is 31.2 Å². The van der Waals surface area contributed by atoms with Crippen LogP contribution in [0.25, 0.3) is 0 Å². The van der Waals surface area contributed by atoms with E-state index in [1.807, 2.05) is 37.3 Å². The van der Waals surface area contributed by atoms with Crippen LogP contribution >= 0.6 is 0 Å². The van der Waals surface area contributed by atoms with Crippen molar-refractivity contribution in [1.82, 2.24) is 20.9 Å². The molecule has 0 radical (unpaired) electrons. The quantitative estimate of drug-likeness (QED) is 0.538. The van der Waals surface area contributed by atoms with E-state index in [1.165, 1.54) is 4.90 Å². The average molecular weight is 358 g/mol. The van der Waals surface area contributed by atoms with E-state index in [1.54, 1.807) is 0 Å². The molecule has 1 spiro atoms. The van der Waals surface area contributed by atoms with Crippen molar-refractivity contribution in [2.45, 2.75) is 50.6 Å². The summed E-state index contributed by atoms with van der Waals surface area (Å²) in [5.41, 5.74) is 0.372. The highest BCUT2D eigenvalue weighted by molar-refractivity contribution is 6.07. The van der Waals surface area contributed by atoms with Gasteiger partial charge in [0.2, 0.25) is 0 Å². The average Bonchev–Trinajstić information content (AvgIpc) is 3.19. The highest BCUT2D eigenvalue weighted by Gasteiger charge is 2.51. The van der Waals surface area contributed by atoms with Crippen molar-refractivity contribution in [2.24, 2.45) is 0 Å². The fourth-order valence-electron chi connectivity index (χ4n) is 3.71. The third kappa shape index (κ3) is 3.81. The van der Waals surface area contributed by atoms with Crippen LogP contribution in [-0.2, 0) is 4.79 Å². The molecule has 7 heteroatoms. The third-order valence-corrected chi connectivity index (χ3v) is 5.19. The Morgan fingerprint density at radius 1 is 1.23 bits per heavy atom. The number of carbonyl (C=O) groups excluding carboxylic acids is 3. The van der Waals surface area contributed by atoms with Crippen LogP contribution in [-0.4, -0.2) is 41.5 Å². The van der Waals surface area contributed by atoms with Gasteiger partial charge in [-0.1, -0.05) is 43.2 Å². The first-order valence-corrected chi connectivity index (χ1v) is 9.25. The molecular formula is C19H26N4O3. The Hall–Kier alpha value is -2.57. The summed E-state index contributed by atoms with van der Waals surface area (Å²) >= 11 is 0. The fraction of sp³-hybridized carbons (Fsp3) is 0.526. The van der Waals surface area contributed by atoms with Crippen molar-refractivity contribution < 1.29 is 14.4 Å². The number of benzene rings is 1. The van der Waals surface area contributed by atoms with E-state index < -0.39 is 5.54 Å². The molecule has 2 aliphatic rings. The van der Waals surface area contributed by atoms with Crippen LogP contribution < -0.4 is 16.0 Å². The molecule has 7 nitrogen and oxygen atoms in total. The van der Waals surface area contributed by atoms with Gasteiger partial charge in [0.25, 0.3) is 5.91 Å². The van der Waals surface area contributed by atoms with Crippen LogP contribution in [0.5, 0.6) is 0 Å². The monoisotopic (exact) mass is 358 g/mol. The second-order valence-electron chi connectivity index (χ2n) is 7.06. The van der Waals surface area contributed by atoms with Gasteiger partial charge in [0, 0.05) is 13.1 Å². The molecule has 1 atom stereocenters. The number of nitrogens with zero attached hydrogens (tertiary/aromatic N) is 1. The van der Waals surface area contributed by atoms with Gasteiger partial charge < -0.3 is 16.0 Å². The molecule has 1 saturated heterocycles. The first-order valence-electron chi connectivity index (χ1n) is 9.25. The first kappa shape index (κ1) is 18.2. The number of nitrogens with one attached hydrogen (secondary N) is 3. The van der Waals surface area contributed by atoms with E-state index >= 15 is 0 Å². The molecule has 1 heterocycles. The molecule has 1 aromatic rings. The third-order valence-electron chi connectivity index (χ3n) is 5.19. The number of rotatable bonds is 6. The molecule has 1 aliphatic carbocycles. The summed E-state index contributed by atoms with van der Waals surface area (Å²) in [6, 6.07) is 9.06. The Bertz CT molecular complexity index is 671. The minimum Gasteiger partial charge on any atom is -0.338 e. The highest BCUT2D eigenvalue weighted by Crippen LogP contribution is 2.34. The summed E-state index contributed by atoms with van der Waals surface area (Å²) in [5, 5.41) is 8.51. The van der Waals surface area contributed by atoms with Gasteiger partial charge in [-0.2, -0.15) is 0 Å². The summed E-state index contributed by atoms with van der Waals surface area (Å²) in [7, 11) is 0. The van der Waals surface area contributed by atoms with E-state index in [0.29, 0.717) is 19.5 Å². The van der Waals surface area contributed by atoms with Crippen molar-refractivity contribution >= 4 is 18.0 Å². The van der Waals surface area contributed by atoms with Crippen LogP contribution in [0.2, 0.25) is 0 Å². The number of imide groups is 1. The van der Waals surface area contributed by atoms with E-state index in [2.05, 4.69) is 16.0 Å². The second kappa shape index (κ2) is 7.76. The molecule has 140 valence electrons. The molecule has 1 aliphatic heterocycles. The lowest BCUT2D eigenvalue weighted by molar-refractivity contribution is -0.131. The van der Waals surface area contributed by atoms with Gasteiger partial charge in [-0.15, -0.1) is 0 Å². The predicted octanol–water partition coefficient (Wildman–Crippen LogP) is 2.30. The van der Waals surface area contributed by atoms with Crippen LogP contribution in [0.1, 0.15) is 50.6 Å². The lowest BCUT2D eigenvalue weighted by Crippen LogP contribution is -2.44. The van der Waals surface area contributed by atoms with Crippen LogP contribution in [0.3, 0.4) is 0 Å². The molecule has 3 rings (SSSR count). The molecule has 0 bridgehead atoms. The summed E-state index contributed by atoms with van der Waals surface area (Å²) in [4.78, 5) is 37.8. The number of hydrogen-bond donors (Lipinski definition) is 3. The van der Waals surface area contributed by atoms with Crippen LogP contribution in [0.15, 0.2) is 30.3 Å². The van der Waals surface area contributed by atoms with Crippen molar-refractivity contribution in [3.63, 3.8) is 0 Å². The Morgan fingerprint density at radius 2 is 1.92 bits per heavy atom. The van der Waals surface area contributed by atoms with Crippen LogP contribution in [0, 0.1) is 0 Å². The Morgan fingerprint density at radius 3 is 2.62 bits per heavy atom. The smallest absolute Gasteiger partial charge is 0.325 e. The van der Waals surface area contributed by atoms with Crippen molar-refractivity contribution in [1.29, 1.82) is 0 Å². The summed E-state index contributed by atoms with van der Waals surface area (Å²) < 4.78 is 0. The maximum absolute atomic E-state index is 12.5. The fourth-order valence-corrected chi connectivity index (χ4v) is 3.71. The molecule has 0 unspecified atom stereocenters. The summed E-state index contributed by atoms with van der Waals surface area (Å²) in [6.07, 6.45) is 3.93. The largest absolute Gasteiger partial charge is 0.338 e. The zero-order valence-electron chi connectivity index (χ0n) is 15.1. The lowest BCUT2D eigenvalue weighted by Gasteiger charge is -2.20. The van der Waals surface area contributed by atoms with Crippen molar-refractivity contribution in [2.75, 3.05) is 13.1 Å². The summed E-state index contributed by atoms with van der Waals surface area (Å²) in [5.74, 6) is -0.109. The SMILES string of the molecule is C[C@@H](NC(=O)NCCCN1C(=O)NC2(CCCC2)C1=O)c1ccccc1. The van der Waals surface area contributed by atoms with Crippen molar-refractivity contribution in [3.05, 3.63) is 35.9 Å². The zero-order valence-corrected chi connectivity index (χ0v) is 15.1. The minimum absolute atomic E-state index is 0.0932. The zero-order chi connectivity index (χ0) is 18.6. The van der Waals surface area contributed by atoms with Gasteiger partial charge in [-0.05, 0) is 31.7 Å². The van der Waals surface area contributed by atoms with Gasteiger partial charge in [0.05, 0.1) is 6.04 Å². The number of carbonyl (C=O) groups is 3. The second-order valence-corrected chi connectivity index (χ2v) is 7.06. The number of amides is 5. The first-order chi connectivity index (χ1) is 12.5. The van der Waals surface area contributed by atoms with Crippen molar-refractivity contribution in [3.8, 4) is 0 Å². The van der Waals surface area contributed by atoms with Gasteiger partial charge in [0.15, 0.2) is 0 Å². The van der Waals surface area contributed by atoms with Gasteiger partial charge in [-0.25, -0.2) is 9.59 Å². The molecule has 0 aromatic heterocycles. The van der Waals surface area contributed by atoms with E-state index in [-0.39, 0.29) is 24.0 Å². The Labute approximate surface area is 153 Å². The van der Waals surface area contributed by atoms with Gasteiger partial charge >= 0.3 is 12.1 Å². The predicted molar refractivity (Wildman–Crippen MR) is 97.5 cm³/mol. The van der Waals surface area contributed by atoms with Gasteiger partial charge in [-0.3, -0.25) is 9.69 Å². The number of hydrogen-bond acceptors (Lipinski definition) is 3. The Kier molecular flexibility index (Phi) is 5.44. The van der Waals surface area contributed by atoms with E-state index in [4.69, 9.17) is 0 Å². The normalized spacial score (nSPS) is 19.5. The molecule has 5 amide bonds. The lowest BCUT2D eigenvalue weighted by atomic mass is 9.98. The standard InChI is InChI=1S/C19H26N4O3/c1-14(15-8-3-2-4-9-15)21-17(25)20-12-7-13-23-16(24)19(22-18(23)26)10-5-6-11-19/h2-4,8-9,14H,5-7,10-13H2,1H3,(H,22,26)(H2,20,21,25)/t14-/m1/s1. The Balaban J connectivity index is 1.39. The van der Waals surface area contributed by atoms with Crippen LogP contribution in [0.4, 0.5) is 9.59 Å². The molecule has 3 N–H and O–H groups in total. The molecule has 1 saturated carbocycles. The number of urea groups is 2. The summed E-state index contributed by atoms with van der Waals surface area (Å²) in [6.45, 7) is 2.64. The topological polar surface area (TPSA) is 90.5 Å². The maximum atomic E-state index is 12.5. The van der Waals surface area contributed by atoms with Gasteiger partial charge in [0.1, 0.15) is 5.54 Å². The molecule has 26 heavy (non-hydrogen) atoms. The minimum atomic E-state index is -0.660. The maximum Gasteiger partial charge on any atom is 0.325 e. The molecule has 2 fully saturated rings. The van der Waals surface area contributed by atoms with E-state index in [9.17, 15) is 14.4 Å². The molecular weight excluding hydrogens is 332 g/mol.